The first-order valence-electron chi connectivity index (χ1n) is 8.04. The number of nitrogens with two attached hydrogens (primary N) is 1. The highest BCUT2D eigenvalue weighted by Gasteiger charge is 2.35. The second-order valence-corrected chi connectivity index (χ2v) is 7.71. The Morgan fingerprint density at radius 1 is 1.30 bits per heavy atom. The standard InChI is InChI=1S/C16H30N2O2/c1-15(2,3)20-14(19)18-10-6-7-13(12-18)11-16(17)8-4-5-9-16/h13H,4-12,17H2,1-3H3. The minimum Gasteiger partial charge on any atom is -0.444 e. The molecule has 1 unspecified atom stereocenters. The van der Waals surface area contributed by atoms with Crippen molar-refractivity contribution in [1.29, 1.82) is 0 Å². The quantitative estimate of drug-likeness (QED) is 0.845. The fraction of sp³-hybridized carbons (Fsp3) is 0.938. The SMILES string of the molecule is CC(C)(C)OC(=O)N1CCCC(CC2(N)CCCC2)C1. The van der Waals surface area contributed by atoms with Crippen LogP contribution in [-0.2, 0) is 4.74 Å². The Balaban J connectivity index is 1.86. The molecule has 1 atom stereocenters. The molecule has 1 saturated carbocycles. The molecule has 4 nitrogen and oxygen atoms in total. The average Bonchev–Trinajstić information content (AvgIpc) is 2.74. The van der Waals surface area contributed by atoms with Crippen molar-refractivity contribution >= 4 is 6.09 Å². The molecule has 2 rings (SSSR count). The van der Waals surface area contributed by atoms with E-state index in [1.54, 1.807) is 0 Å². The Morgan fingerprint density at radius 3 is 2.55 bits per heavy atom. The van der Waals surface area contributed by atoms with E-state index in [-0.39, 0.29) is 11.6 Å². The largest absolute Gasteiger partial charge is 0.444 e. The summed E-state index contributed by atoms with van der Waals surface area (Å²) in [6.45, 7) is 7.38. The summed E-state index contributed by atoms with van der Waals surface area (Å²) in [5.41, 5.74) is 6.10. The van der Waals surface area contributed by atoms with Gasteiger partial charge in [-0.15, -0.1) is 0 Å². The van der Waals surface area contributed by atoms with Gasteiger partial charge in [-0.25, -0.2) is 4.79 Å². The number of rotatable bonds is 2. The van der Waals surface area contributed by atoms with Crippen LogP contribution in [0.1, 0.15) is 65.7 Å². The van der Waals surface area contributed by atoms with E-state index in [4.69, 9.17) is 10.5 Å². The van der Waals surface area contributed by atoms with Gasteiger partial charge in [0.25, 0.3) is 0 Å². The maximum atomic E-state index is 12.1. The Bertz CT molecular complexity index is 343. The molecule has 116 valence electrons. The van der Waals surface area contributed by atoms with Gasteiger partial charge in [-0.2, -0.15) is 0 Å². The molecule has 2 N–H and O–H groups in total. The molecule has 0 aromatic rings. The first-order chi connectivity index (χ1) is 9.27. The van der Waals surface area contributed by atoms with E-state index < -0.39 is 5.60 Å². The van der Waals surface area contributed by atoms with E-state index in [0.717, 1.165) is 38.8 Å². The van der Waals surface area contributed by atoms with Gasteiger partial charge >= 0.3 is 6.09 Å². The Hall–Kier alpha value is -0.770. The normalized spacial score (nSPS) is 26.6. The molecule has 2 aliphatic rings. The number of carbonyl (C=O) groups excluding carboxylic acids is 1. The van der Waals surface area contributed by atoms with E-state index in [0.29, 0.717) is 5.92 Å². The molecule has 1 saturated heterocycles. The lowest BCUT2D eigenvalue weighted by atomic mass is 9.83. The molecule has 4 heteroatoms. The smallest absolute Gasteiger partial charge is 0.410 e. The first kappa shape index (κ1) is 15.6. The lowest BCUT2D eigenvalue weighted by Crippen LogP contribution is -2.46. The van der Waals surface area contributed by atoms with E-state index in [1.807, 2.05) is 25.7 Å². The predicted molar refractivity (Wildman–Crippen MR) is 80.5 cm³/mol. The van der Waals surface area contributed by atoms with Gasteiger partial charge < -0.3 is 15.4 Å². The van der Waals surface area contributed by atoms with Crippen molar-refractivity contribution in [2.75, 3.05) is 13.1 Å². The van der Waals surface area contributed by atoms with Crippen molar-refractivity contribution in [3.8, 4) is 0 Å². The number of carbonyl (C=O) groups is 1. The van der Waals surface area contributed by atoms with Crippen LogP contribution < -0.4 is 5.73 Å². The highest BCUT2D eigenvalue weighted by atomic mass is 16.6. The summed E-state index contributed by atoms with van der Waals surface area (Å²) in [5.74, 6) is 0.541. The molecular weight excluding hydrogens is 252 g/mol. The summed E-state index contributed by atoms with van der Waals surface area (Å²) in [6, 6.07) is 0. The Kier molecular flexibility index (Phi) is 4.62. The zero-order chi connectivity index (χ0) is 14.8. The van der Waals surface area contributed by atoms with Crippen LogP contribution in [0.25, 0.3) is 0 Å². The highest BCUT2D eigenvalue weighted by Crippen LogP contribution is 2.35. The molecule has 1 amide bonds. The molecule has 0 radical (unpaired) electrons. The Labute approximate surface area is 123 Å². The first-order valence-corrected chi connectivity index (χ1v) is 8.04. The van der Waals surface area contributed by atoms with E-state index >= 15 is 0 Å². The number of piperidine rings is 1. The molecule has 2 fully saturated rings. The molecule has 20 heavy (non-hydrogen) atoms. The van der Waals surface area contributed by atoms with Crippen molar-refractivity contribution in [2.24, 2.45) is 11.7 Å². The number of hydrogen-bond acceptors (Lipinski definition) is 3. The minimum atomic E-state index is -0.412. The van der Waals surface area contributed by atoms with Crippen molar-refractivity contribution in [1.82, 2.24) is 4.90 Å². The third-order valence-corrected chi connectivity index (χ3v) is 4.47. The zero-order valence-corrected chi connectivity index (χ0v) is 13.3. The van der Waals surface area contributed by atoms with E-state index in [9.17, 15) is 4.79 Å². The summed E-state index contributed by atoms with van der Waals surface area (Å²) in [4.78, 5) is 14.0. The summed E-state index contributed by atoms with van der Waals surface area (Å²) >= 11 is 0. The maximum absolute atomic E-state index is 12.1. The van der Waals surface area contributed by atoms with Gasteiger partial charge in [-0.1, -0.05) is 12.8 Å². The van der Waals surface area contributed by atoms with Crippen LogP contribution in [0.15, 0.2) is 0 Å². The molecule has 0 aromatic heterocycles. The van der Waals surface area contributed by atoms with Crippen LogP contribution in [0, 0.1) is 5.92 Å². The predicted octanol–water partition coefficient (Wildman–Crippen LogP) is 3.30. The number of likely N-dealkylation sites (tertiary alicyclic amines) is 1. The monoisotopic (exact) mass is 282 g/mol. The van der Waals surface area contributed by atoms with Crippen molar-refractivity contribution in [3.05, 3.63) is 0 Å². The fourth-order valence-corrected chi connectivity index (χ4v) is 3.58. The summed E-state index contributed by atoms with van der Waals surface area (Å²) in [7, 11) is 0. The average molecular weight is 282 g/mol. The molecule has 1 aliphatic heterocycles. The summed E-state index contributed by atoms with van der Waals surface area (Å²) in [5, 5.41) is 0. The van der Waals surface area contributed by atoms with Crippen molar-refractivity contribution in [3.63, 3.8) is 0 Å². The number of ether oxygens (including phenoxy) is 1. The van der Waals surface area contributed by atoms with Gasteiger partial charge in [0.15, 0.2) is 0 Å². The van der Waals surface area contributed by atoms with Crippen LogP contribution in [0.2, 0.25) is 0 Å². The summed E-state index contributed by atoms with van der Waals surface area (Å²) < 4.78 is 5.48. The molecule has 1 heterocycles. The van der Waals surface area contributed by atoms with Crippen LogP contribution >= 0.6 is 0 Å². The van der Waals surface area contributed by atoms with E-state index in [1.165, 1.54) is 19.3 Å². The molecule has 0 aromatic carbocycles. The third kappa shape index (κ3) is 4.37. The van der Waals surface area contributed by atoms with Crippen LogP contribution in [0.5, 0.6) is 0 Å². The Morgan fingerprint density at radius 2 is 1.95 bits per heavy atom. The zero-order valence-electron chi connectivity index (χ0n) is 13.3. The number of hydrogen-bond donors (Lipinski definition) is 1. The fourth-order valence-electron chi connectivity index (χ4n) is 3.58. The molecule has 1 aliphatic carbocycles. The van der Waals surface area contributed by atoms with Crippen LogP contribution in [-0.4, -0.2) is 35.2 Å². The van der Waals surface area contributed by atoms with Gasteiger partial charge in [0.05, 0.1) is 0 Å². The highest BCUT2D eigenvalue weighted by molar-refractivity contribution is 5.68. The van der Waals surface area contributed by atoms with Gasteiger partial charge in [-0.3, -0.25) is 0 Å². The van der Waals surface area contributed by atoms with Gasteiger partial charge in [0, 0.05) is 18.6 Å². The van der Waals surface area contributed by atoms with Crippen LogP contribution in [0.3, 0.4) is 0 Å². The third-order valence-electron chi connectivity index (χ3n) is 4.47. The molecule has 0 bridgehead atoms. The van der Waals surface area contributed by atoms with E-state index in [2.05, 4.69) is 0 Å². The second-order valence-electron chi connectivity index (χ2n) is 7.71. The lowest BCUT2D eigenvalue weighted by Gasteiger charge is -2.37. The minimum absolute atomic E-state index is 0.0294. The maximum Gasteiger partial charge on any atom is 0.410 e. The van der Waals surface area contributed by atoms with Crippen molar-refractivity contribution < 1.29 is 9.53 Å². The van der Waals surface area contributed by atoms with Crippen molar-refractivity contribution in [2.45, 2.75) is 76.9 Å². The lowest BCUT2D eigenvalue weighted by molar-refractivity contribution is 0.0149. The molecule has 0 spiro atoms. The number of amides is 1. The van der Waals surface area contributed by atoms with Crippen LogP contribution in [0.4, 0.5) is 4.79 Å². The van der Waals surface area contributed by atoms with Gasteiger partial charge in [-0.05, 0) is 58.8 Å². The second kappa shape index (κ2) is 5.92. The molecular formula is C16H30N2O2. The van der Waals surface area contributed by atoms with Gasteiger partial charge in [0.1, 0.15) is 5.60 Å². The topological polar surface area (TPSA) is 55.6 Å². The number of nitrogens with zero attached hydrogens (tertiary/aromatic N) is 1. The van der Waals surface area contributed by atoms with Gasteiger partial charge in [0.2, 0.25) is 0 Å². The summed E-state index contributed by atoms with van der Waals surface area (Å²) in [6.07, 6.45) is 7.98.